The van der Waals surface area contributed by atoms with Gasteiger partial charge in [0.05, 0.1) is 12.6 Å². The highest BCUT2D eigenvalue weighted by Gasteiger charge is 2.10. The van der Waals surface area contributed by atoms with Crippen molar-refractivity contribution in [3.05, 3.63) is 21.9 Å². The van der Waals surface area contributed by atoms with Crippen molar-refractivity contribution in [3.63, 3.8) is 0 Å². The molecule has 0 aliphatic heterocycles. The Kier molecular flexibility index (Phi) is 3.95. The molecule has 1 heterocycles. The van der Waals surface area contributed by atoms with Gasteiger partial charge in [-0.25, -0.2) is 4.79 Å². The van der Waals surface area contributed by atoms with E-state index in [1.807, 2.05) is 26.0 Å². The van der Waals surface area contributed by atoms with Crippen molar-refractivity contribution < 1.29 is 9.53 Å². The average molecular weight is 213 g/mol. The van der Waals surface area contributed by atoms with E-state index in [2.05, 4.69) is 5.32 Å². The standard InChI is InChI=1S/C10H15NO2S/c1-4-13-10(12)11-8(3)9-6-5-7(2)14-9/h5-6,8H,4H2,1-3H3,(H,11,12). The lowest BCUT2D eigenvalue weighted by molar-refractivity contribution is 0.149. The van der Waals surface area contributed by atoms with E-state index in [1.54, 1.807) is 18.3 Å². The Hall–Kier alpha value is -1.03. The number of amides is 1. The van der Waals surface area contributed by atoms with E-state index in [-0.39, 0.29) is 12.1 Å². The number of rotatable bonds is 3. The Labute approximate surface area is 88.1 Å². The topological polar surface area (TPSA) is 38.3 Å². The van der Waals surface area contributed by atoms with Crippen molar-refractivity contribution in [2.24, 2.45) is 0 Å². The first kappa shape index (κ1) is 11.0. The second-order valence-corrected chi connectivity index (χ2v) is 4.35. The lowest BCUT2D eigenvalue weighted by Crippen LogP contribution is -2.26. The van der Waals surface area contributed by atoms with Crippen molar-refractivity contribution in [2.75, 3.05) is 6.61 Å². The van der Waals surface area contributed by atoms with Crippen LogP contribution in [0.15, 0.2) is 12.1 Å². The van der Waals surface area contributed by atoms with Crippen LogP contribution in [-0.2, 0) is 4.74 Å². The minimum atomic E-state index is -0.356. The molecule has 0 aliphatic rings. The fourth-order valence-corrected chi connectivity index (χ4v) is 1.99. The summed E-state index contributed by atoms with van der Waals surface area (Å²) in [5.74, 6) is 0. The zero-order valence-electron chi connectivity index (χ0n) is 8.66. The normalized spacial score (nSPS) is 12.2. The Morgan fingerprint density at radius 1 is 1.64 bits per heavy atom. The molecule has 0 aromatic carbocycles. The molecule has 1 aromatic rings. The molecular formula is C10H15NO2S. The molecule has 1 atom stereocenters. The summed E-state index contributed by atoms with van der Waals surface area (Å²) >= 11 is 1.69. The van der Waals surface area contributed by atoms with E-state index < -0.39 is 0 Å². The van der Waals surface area contributed by atoms with Crippen LogP contribution in [0.3, 0.4) is 0 Å². The van der Waals surface area contributed by atoms with Gasteiger partial charge >= 0.3 is 6.09 Å². The minimum absolute atomic E-state index is 0.0211. The van der Waals surface area contributed by atoms with Crippen LogP contribution in [-0.4, -0.2) is 12.7 Å². The van der Waals surface area contributed by atoms with Crippen molar-refractivity contribution >= 4 is 17.4 Å². The highest BCUT2D eigenvalue weighted by Crippen LogP contribution is 2.22. The zero-order valence-corrected chi connectivity index (χ0v) is 9.48. The van der Waals surface area contributed by atoms with E-state index in [0.29, 0.717) is 6.61 Å². The summed E-state index contributed by atoms with van der Waals surface area (Å²) in [7, 11) is 0. The van der Waals surface area contributed by atoms with Crippen LogP contribution in [0.2, 0.25) is 0 Å². The van der Waals surface area contributed by atoms with Crippen LogP contribution < -0.4 is 5.32 Å². The number of hydrogen-bond donors (Lipinski definition) is 1. The smallest absolute Gasteiger partial charge is 0.407 e. The molecule has 0 fully saturated rings. The highest BCUT2D eigenvalue weighted by atomic mass is 32.1. The number of carbonyl (C=O) groups is 1. The SMILES string of the molecule is CCOC(=O)NC(C)c1ccc(C)s1. The summed E-state index contributed by atoms with van der Waals surface area (Å²) in [6.07, 6.45) is -0.356. The van der Waals surface area contributed by atoms with Gasteiger partial charge in [0.15, 0.2) is 0 Å². The van der Waals surface area contributed by atoms with Gasteiger partial charge in [0.2, 0.25) is 0 Å². The second kappa shape index (κ2) is 5.00. The predicted octanol–water partition coefficient (Wildman–Crippen LogP) is 2.86. The molecule has 1 aromatic heterocycles. The van der Waals surface area contributed by atoms with Gasteiger partial charge in [-0.3, -0.25) is 0 Å². The van der Waals surface area contributed by atoms with E-state index in [4.69, 9.17) is 4.74 Å². The number of ether oxygens (including phenoxy) is 1. The van der Waals surface area contributed by atoms with Crippen LogP contribution >= 0.6 is 11.3 Å². The lowest BCUT2D eigenvalue weighted by Gasteiger charge is -2.11. The molecule has 14 heavy (non-hydrogen) atoms. The molecular weight excluding hydrogens is 198 g/mol. The predicted molar refractivity (Wildman–Crippen MR) is 57.6 cm³/mol. The quantitative estimate of drug-likeness (QED) is 0.838. The number of hydrogen-bond acceptors (Lipinski definition) is 3. The van der Waals surface area contributed by atoms with Gasteiger partial charge in [-0.2, -0.15) is 0 Å². The van der Waals surface area contributed by atoms with Crippen molar-refractivity contribution in [1.29, 1.82) is 0 Å². The van der Waals surface area contributed by atoms with Gasteiger partial charge in [0, 0.05) is 9.75 Å². The summed E-state index contributed by atoms with van der Waals surface area (Å²) in [6, 6.07) is 4.09. The summed E-state index contributed by atoms with van der Waals surface area (Å²) in [6.45, 7) is 6.19. The van der Waals surface area contributed by atoms with Crippen molar-refractivity contribution in [2.45, 2.75) is 26.8 Å². The molecule has 0 bridgehead atoms. The third-order valence-electron chi connectivity index (χ3n) is 1.80. The summed E-state index contributed by atoms with van der Waals surface area (Å²) in [5, 5.41) is 2.76. The largest absolute Gasteiger partial charge is 0.450 e. The van der Waals surface area contributed by atoms with Gasteiger partial charge in [-0.15, -0.1) is 11.3 Å². The molecule has 78 valence electrons. The number of thiophene rings is 1. The maximum Gasteiger partial charge on any atom is 0.407 e. The second-order valence-electron chi connectivity index (χ2n) is 3.03. The maximum absolute atomic E-state index is 11.1. The fraction of sp³-hybridized carbons (Fsp3) is 0.500. The van der Waals surface area contributed by atoms with E-state index in [0.717, 1.165) is 4.88 Å². The Balaban J connectivity index is 2.50. The number of alkyl carbamates (subject to hydrolysis) is 1. The molecule has 4 heteroatoms. The van der Waals surface area contributed by atoms with Gasteiger partial charge in [-0.1, -0.05) is 0 Å². The van der Waals surface area contributed by atoms with Gasteiger partial charge < -0.3 is 10.1 Å². The van der Waals surface area contributed by atoms with Crippen LogP contribution in [0, 0.1) is 6.92 Å². The third kappa shape index (κ3) is 3.03. The first-order valence-electron chi connectivity index (χ1n) is 4.63. The number of carbonyl (C=O) groups excluding carboxylic acids is 1. The summed E-state index contributed by atoms with van der Waals surface area (Å²) < 4.78 is 4.80. The highest BCUT2D eigenvalue weighted by molar-refractivity contribution is 7.12. The van der Waals surface area contributed by atoms with Crippen LogP contribution in [0.1, 0.15) is 29.6 Å². The molecule has 1 unspecified atom stereocenters. The fourth-order valence-electron chi connectivity index (χ4n) is 1.11. The summed E-state index contributed by atoms with van der Waals surface area (Å²) in [5.41, 5.74) is 0. The molecule has 0 saturated heterocycles. The van der Waals surface area contributed by atoms with Crippen molar-refractivity contribution in [1.82, 2.24) is 5.32 Å². The van der Waals surface area contributed by atoms with Crippen LogP contribution in [0.5, 0.6) is 0 Å². The first-order chi connectivity index (χ1) is 6.63. The number of nitrogens with one attached hydrogen (secondary N) is 1. The van der Waals surface area contributed by atoms with Crippen molar-refractivity contribution in [3.8, 4) is 0 Å². The van der Waals surface area contributed by atoms with Crippen LogP contribution in [0.25, 0.3) is 0 Å². The third-order valence-corrected chi connectivity index (χ3v) is 2.98. The molecule has 0 aliphatic carbocycles. The van der Waals surface area contributed by atoms with Gasteiger partial charge in [0.25, 0.3) is 0 Å². The molecule has 0 saturated carbocycles. The summed E-state index contributed by atoms with van der Waals surface area (Å²) in [4.78, 5) is 13.5. The van der Waals surface area contributed by atoms with Crippen LogP contribution in [0.4, 0.5) is 4.79 Å². The molecule has 0 spiro atoms. The van der Waals surface area contributed by atoms with Gasteiger partial charge in [0.1, 0.15) is 0 Å². The lowest BCUT2D eigenvalue weighted by atomic mass is 10.3. The van der Waals surface area contributed by atoms with Gasteiger partial charge in [-0.05, 0) is 32.9 Å². The Morgan fingerprint density at radius 3 is 2.86 bits per heavy atom. The van der Waals surface area contributed by atoms with E-state index >= 15 is 0 Å². The maximum atomic E-state index is 11.1. The molecule has 0 radical (unpaired) electrons. The monoisotopic (exact) mass is 213 g/mol. The molecule has 1 amide bonds. The average Bonchev–Trinajstić information content (AvgIpc) is 2.52. The number of aryl methyl sites for hydroxylation is 1. The zero-order chi connectivity index (χ0) is 10.6. The Morgan fingerprint density at radius 2 is 2.36 bits per heavy atom. The molecule has 1 N–H and O–H groups in total. The van der Waals surface area contributed by atoms with E-state index in [1.165, 1.54) is 4.88 Å². The molecule has 3 nitrogen and oxygen atoms in total. The molecule has 1 rings (SSSR count). The van der Waals surface area contributed by atoms with E-state index in [9.17, 15) is 4.79 Å². The Bertz CT molecular complexity index is 309. The minimum Gasteiger partial charge on any atom is -0.450 e. The first-order valence-corrected chi connectivity index (χ1v) is 5.44.